The molecule has 0 atom stereocenters. The topological polar surface area (TPSA) is 104 Å². The number of anilines is 1. The van der Waals surface area contributed by atoms with Crippen LogP contribution in [0.15, 0.2) is 35.2 Å². The first-order valence-corrected chi connectivity index (χ1v) is 10.7. The number of carbonyl (C=O) groups is 1. The number of rotatable bonds is 5. The molecule has 1 fully saturated rings. The molecule has 10 heteroatoms. The summed E-state index contributed by atoms with van der Waals surface area (Å²) in [6.45, 7) is 4.25. The number of nitrogens with one attached hydrogen (secondary N) is 2. The van der Waals surface area contributed by atoms with E-state index in [9.17, 15) is 13.2 Å². The second-order valence-corrected chi connectivity index (χ2v) is 9.10. The average molecular weight is 424 g/mol. The standard InChI is InChI=1S/C18H22ClN5O3S/c1-12-11-13(2)21-18(20-12)23-22-17(25)14-7-9-24(10-8-14)28(26,27)16-5-3-15(19)4-6-16/h3-6,11,14H,7-10H2,1-2H3,(H,22,25)(H,20,21,23). The van der Waals surface area contributed by atoms with E-state index in [1.54, 1.807) is 12.1 Å². The molecule has 1 aromatic heterocycles. The van der Waals surface area contributed by atoms with Gasteiger partial charge >= 0.3 is 0 Å². The van der Waals surface area contributed by atoms with Crippen molar-refractivity contribution < 1.29 is 13.2 Å². The summed E-state index contributed by atoms with van der Waals surface area (Å²) in [4.78, 5) is 21.0. The summed E-state index contributed by atoms with van der Waals surface area (Å²) >= 11 is 5.82. The Kier molecular flexibility index (Phi) is 6.17. The lowest BCUT2D eigenvalue weighted by atomic mass is 9.98. The van der Waals surface area contributed by atoms with Crippen molar-refractivity contribution in [3.63, 3.8) is 0 Å². The van der Waals surface area contributed by atoms with E-state index < -0.39 is 10.0 Å². The van der Waals surface area contributed by atoms with E-state index in [1.807, 2.05) is 19.9 Å². The Morgan fingerprint density at radius 1 is 1.11 bits per heavy atom. The predicted molar refractivity (Wildman–Crippen MR) is 106 cm³/mol. The van der Waals surface area contributed by atoms with Gasteiger partial charge in [-0.3, -0.25) is 15.6 Å². The molecular weight excluding hydrogens is 402 g/mol. The third-order valence-electron chi connectivity index (χ3n) is 4.56. The van der Waals surface area contributed by atoms with Crippen molar-refractivity contribution in [3.8, 4) is 0 Å². The minimum absolute atomic E-state index is 0.202. The Hall–Kier alpha value is -2.23. The van der Waals surface area contributed by atoms with Crippen molar-refractivity contribution in [2.45, 2.75) is 31.6 Å². The van der Waals surface area contributed by atoms with Gasteiger partial charge in [0.25, 0.3) is 0 Å². The fourth-order valence-electron chi connectivity index (χ4n) is 3.12. The first kappa shape index (κ1) is 20.5. The maximum Gasteiger partial charge on any atom is 0.243 e. The number of hydrogen-bond acceptors (Lipinski definition) is 6. The van der Waals surface area contributed by atoms with Crippen LogP contribution in [0, 0.1) is 19.8 Å². The van der Waals surface area contributed by atoms with Crippen LogP contribution in [-0.2, 0) is 14.8 Å². The monoisotopic (exact) mass is 423 g/mol. The van der Waals surface area contributed by atoms with Crippen LogP contribution < -0.4 is 10.9 Å². The van der Waals surface area contributed by atoms with E-state index in [2.05, 4.69) is 20.8 Å². The van der Waals surface area contributed by atoms with Crippen molar-refractivity contribution >= 4 is 33.5 Å². The van der Waals surface area contributed by atoms with Crippen molar-refractivity contribution in [1.82, 2.24) is 19.7 Å². The molecule has 0 spiro atoms. The zero-order valence-corrected chi connectivity index (χ0v) is 17.2. The summed E-state index contributed by atoms with van der Waals surface area (Å²) in [5, 5.41) is 0.481. The highest BCUT2D eigenvalue weighted by Gasteiger charge is 2.32. The molecule has 28 heavy (non-hydrogen) atoms. The number of aromatic nitrogens is 2. The number of nitrogens with zero attached hydrogens (tertiary/aromatic N) is 3. The fourth-order valence-corrected chi connectivity index (χ4v) is 4.71. The number of amides is 1. The van der Waals surface area contributed by atoms with Gasteiger partial charge in [-0.2, -0.15) is 4.31 Å². The number of hydrazine groups is 1. The number of aryl methyl sites for hydroxylation is 2. The predicted octanol–water partition coefficient (Wildman–Crippen LogP) is 2.29. The van der Waals surface area contributed by atoms with Gasteiger partial charge in [0.2, 0.25) is 21.9 Å². The number of piperidine rings is 1. The molecule has 3 rings (SSSR count). The van der Waals surface area contributed by atoms with E-state index >= 15 is 0 Å². The van der Waals surface area contributed by atoms with Crippen molar-refractivity contribution in [3.05, 3.63) is 46.7 Å². The molecule has 0 radical (unpaired) electrons. The van der Waals surface area contributed by atoms with Crippen LogP contribution in [0.4, 0.5) is 5.95 Å². The molecule has 1 aliphatic heterocycles. The molecule has 1 aromatic carbocycles. The van der Waals surface area contributed by atoms with Gasteiger partial charge in [0.1, 0.15) is 0 Å². The van der Waals surface area contributed by atoms with Gasteiger partial charge in [-0.25, -0.2) is 18.4 Å². The van der Waals surface area contributed by atoms with Gasteiger partial charge in [0, 0.05) is 35.4 Å². The largest absolute Gasteiger partial charge is 0.273 e. The van der Waals surface area contributed by atoms with Gasteiger partial charge in [-0.05, 0) is 57.0 Å². The highest BCUT2D eigenvalue weighted by atomic mass is 35.5. The normalized spacial score (nSPS) is 16.0. The van der Waals surface area contributed by atoms with Crippen LogP contribution in [0.25, 0.3) is 0 Å². The van der Waals surface area contributed by atoms with Gasteiger partial charge in [-0.1, -0.05) is 11.6 Å². The SMILES string of the molecule is Cc1cc(C)nc(NNC(=O)C2CCN(S(=O)(=O)c3ccc(Cl)cc3)CC2)n1. The van der Waals surface area contributed by atoms with Crippen molar-refractivity contribution in [2.24, 2.45) is 5.92 Å². The van der Waals surface area contributed by atoms with Gasteiger partial charge in [-0.15, -0.1) is 0 Å². The average Bonchev–Trinajstić information content (AvgIpc) is 2.66. The molecule has 0 bridgehead atoms. The van der Waals surface area contributed by atoms with Crippen LogP contribution >= 0.6 is 11.6 Å². The lowest BCUT2D eigenvalue weighted by Gasteiger charge is -2.30. The lowest BCUT2D eigenvalue weighted by molar-refractivity contribution is -0.125. The molecule has 150 valence electrons. The number of sulfonamides is 1. The Bertz CT molecular complexity index is 937. The summed E-state index contributed by atoms with van der Waals surface area (Å²) < 4.78 is 26.8. The summed E-state index contributed by atoms with van der Waals surface area (Å²) in [6.07, 6.45) is 0.877. The van der Waals surface area contributed by atoms with E-state index in [-0.39, 0.29) is 29.8 Å². The fraction of sp³-hybridized carbons (Fsp3) is 0.389. The molecule has 1 aliphatic rings. The molecular formula is C18H22ClN5O3S. The summed E-state index contributed by atoms with van der Waals surface area (Å²) in [6, 6.07) is 7.92. The maximum absolute atomic E-state index is 12.7. The van der Waals surface area contributed by atoms with Crippen LogP contribution in [0.3, 0.4) is 0 Å². The second kappa shape index (κ2) is 8.42. The lowest BCUT2D eigenvalue weighted by Crippen LogP contribution is -2.44. The van der Waals surface area contributed by atoms with E-state index in [1.165, 1.54) is 16.4 Å². The quantitative estimate of drug-likeness (QED) is 0.715. The van der Waals surface area contributed by atoms with Gasteiger partial charge < -0.3 is 0 Å². The smallest absolute Gasteiger partial charge is 0.243 e. The minimum atomic E-state index is -3.59. The molecule has 8 nitrogen and oxygen atoms in total. The van der Waals surface area contributed by atoms with Gasteiger partial charge in [0.15, 0.2) is 0 Å². The van der Waals surface area contributed by atoms with Crippen molar-refractivity contribution in [2.75, 3.05) is 18.5 Å². The third kappa shape index (κ3) is 4.78. The molecule has 2 N–H and O–H groups in total. The number of carbonyl (C=O) groups excluding carboxylic acids is 1. The van der Waals surface area contributed by atoms with E-state index in [0.29, 0.717) is 23.8 Å². The number of hydrogen-bond donors (Lipinski definition) is 2. The zero-order valence-electron chi connectivity index (χ0n) is 15.6. The molecule has 0 aliphatic carbocycles. The van der Waals surface area contributed by atoms with Crippen LogP contribution in [0.1, 0.15) is 24.2 Å². The number of halogens is 1. The summed E-state index contributed by atoms with van der Waals surface area (Å²) in [5.41, 5.74) is 6.94. The molecule has 0 unspecified atom stereocenters. The third-order valence-corrected chi connectivity index (χ3v) is 6.72. The van der Waals surface area contributed by atoms with E-state index in [4.69, 9.17) is 11.6 Å². The van der Waals surface area contributed by atoms with E-state index in [0.717, 1.165) is 11.4 Å². The Labute approximate surface area is 169 Å². The van der Waals surface area contributed by atoms with Gasteiger partial charge in [0.05, 0.1) is 4.90 Å². The highest BCUT2D eigenvalue weighted by molar-refractivity contribution is 7.89. The molecule has 1 amide bonds. The Morgan fingerprint density at radius 3 is 2.25 bits per heavy atom. The first-order chi connectivity index (χ1) is 13.3. The zero-order chi connectivity index (χ0) is 20.3. The first-order valence-electron chi connectivity index (χ1n) is 8.89. The molecule has 0 saturated carbocycles. The maximum atomic E-state index is 12.7. The molecule has 1 saturated heterocycles. The van der Waals surface area contributed by atoms with Crippen LogP contribution in [-0.4, -0.2) is 41.7 Å². The van der Waals surface area contributed by atoms with Crippen LogP contribution in [0.5, 0.6) is 0 Å². The van der Waals surface area contributed by atoms with Crippen LogP contribution in [0.2, 0.25) is 5.02 Å². The Balaban J connectivity index is 1.55. The number of benzene rings is 1. The second-order valence-electron chi connectivity index (χ2n) is 6.72. The Morgan fingerprint density at radius 2 is 1.68 bits per heavy atom. The summed E-state index contributed by atoms with van der Waals surface area (Å²) in [7, 11) is -3.59. The summed E-state index contributed by atoms with van der Waals surface area (Å²) in [5.74, 6) is -0.157. The minimum Gasteiger partial charge on any atom is -0.273 e. The molecule has 2 heterocycles. The molecule has 2 aromatic rings. The van der Waals surface area contributed by atoms with Crippen molar-refractivity contribution in [1.29, 1.82) is 0 Å². The highest BCUT2D eigenvalue weighted by Crippen LogP contribution is 2.24.